The first-order valence-electron chi connectivity index (χ1n) is 8.39. The third-order valence-electron chi connectivity index (χ3n) is 4.54. The van der Waals surface area contributed by atoms with Crippen LogP contribution in [0.25, 0.3) is 0 Å². The second-order valence-electron chi connectivity index (χ2n) is 6.15. The number of pyridine rings is 1. The van der Waals surface area contributed by atoms with Crippen LogP contribution in [0.1, 0.15) is 20.7 Å². The first-order valence-corrected chi connectivity index (χ1v) is 8.39. The van der Waals surface area contributed by atoms with E-state index in [4.69, 9.17) is 4.74 Å². The number of carbonyl (C=O) groups is 2. The molecule has 1 aromatic heterocycles. The number of methoxy groups -OCH3 is 1. The number of hydrogen-bond donors (Lipinski definition) is 0. The van der Waals surface area contributed by atoms with Crippen LogP contribution in [0.4, 0.5) is 0 Å². The Hall–Kier alpha value is -3.09. The molecule has 3 rings (SSSR count). The predicted molar refractivity (Wildman–Crippen MR) is 96.5 cm³/mol. The van der Waals surface area contributed by atoms with Crippen LogP contribution in [-0.2, 0) is 7.05 Å². The molecule has 7 heteroatoms. The van der Waals surface area contributed by atoms with Crippen molar-refractivity contribution in [1.29, 1.82) is 0 Å². The van der Waals surface area contributed by atoms with Crippen molar-refractivity contribution < 1.29 is 14.3 Å². The Morgan fingerprint density at radius 3 is 2.08 bits per heavy atom. The quantitative estimate of drug-likeness (QED) is 0.823. The van der Waals surface area contributed by atoms with Crippen molar-refractivity contribution in [2.75, 3.05) is 33.3 Å². The lowest BCUT2D eigenvalue weighted by Gasteiger charge is -2.34. The molecule has 0 atom stereocenters. The number of ether oxygens (including phenoxy) is 1. The van der Waals surface area contributed by atoms with Crippen LogP contribution in [-0.4, -0.2) is 59.5 Å². The lowest BCUT2D eigenvalue weighted by molar-refractivity contribution is 0.0534. The summed E-state index contributed by atoms with van der Waals surface area (Å²) in [5.74, 6) is 0.333. The van der Waals surface area contributed by atoms with Gasteiger partial charge in [0.1, 0.15) is 11.3 Å². The van der Waals surface area contributed by atoms with Gasteiger partial charge in [0, 0.05) is 45.0 Å². The summed E-state index contributed by atoms with van der Waals surface area (Å²) in [6, 6.07) is 10.2. The number of aromatic nitrogens is 1. The van der Waals surface area contributed by atoms with E-state index < -0.39 is 0 Å². The molecule has 0 spiro atoms. The molecular formula is C19H21N3O4. The molecule has 0 radical (unpaired) electrons. The summed E-state index contributed by atoms with van der Waals surface area (Å²) >= 11 is 0. The molecule has 136 valence electrons. The van der Waals surface area contributed by atoms with Crippen LogP contribution < -0.4 is 10.3 Å². The van der Waals surface area contributed by atoms with Crippen LogP contribution in [0.3, 0.4) is 0 Å². The zero-order valence-corrected chi connectivity index (χ0v) is 14.8. The molecule has 0 aliphatic carbocycles. The van der Waals surface area contributed by atoms with Gasteiger partial charge in [0.05, 0.1) is 7.11 Å². The second kappa shape index (κ2) is 7.43. The monoisotopic (exact) mass is 355 g/mol. The normalized spacial score (nSPS) is 14.2. The maximum atomic E-state index is 12.6. The maximum Gasteiger partial charge on any atom is 0.263 e. The number of nitrogens with zero attached hydrogens (tertiary/aromatic N) is 3. The molecular weight excluding hydrogens is 334 g/mol. The van der Waals surface area contributed by atoms with Gasteiger partial charge < -0.3 is 19.1 Å². The molecule has 7 nitrogen and oxygen atoms in total. The standard InChI is InChI=1S/C19H21N3O4/c1-20-9-3-4-16(18(20)24)19(25)22-12-10-21(11-13-22)17(23)14-5-7-15(26-2)8-6-14/h3-9H,10-13H2,1-2H3. The molecule has 1 aliphatic rings. The van der Waals surface area contributed by atoms with Gasteiger partial charge in [0.25, 0.3) is 17.4 Å². The van der Waals surface area contributed by atoms with E-state index in [2.05, 4.69) is 0 Å². The topological polar surface area (TPSA) is 71.8 Å². The Labute approximate surface area is 151 Å². The van der Waals surface area contributed by atoms with Gasteiger partial charge in [-0.1, -0.05) is 0 Å². The minimum atomic E-state index is -0.311. The molecule has 1 fully saturated rings. The number of piperazine rings is 1. The molecule has 0 saturated carbocycles. The average Bonchev–Trinajstić information content (AvgIpc) is 2.69. The molecule has 2 amide bonds. The highest BCUT2D eigenvalue weighted by molar-refractivity contribution is 5.95. The lowest BCUT2D eigenvalue weighted by atomic mass is 10.1. The van der Waals surface area contributed by atoms with Gasteiger partial charge in [-0.05, 0) is 36.4 Å². The van der Waals surface area contributed by atoms with Gasteiger partial charge in [0.2, 0.25) is 0 Å². The van der Waals surface area contributed by atoms with Crippen LogP contribution in [0.15, 0.2) is 47.4 Å². The fourth-order valence-electron chi connectivity index (χ4n) is 2.96. The van der Waals surface area contributed by atoms with E-state index >= 15 is 0 Å². The van der Waals surface area contributed by atoms with Crippen molar-refractivity contribution in [3.05, 3.63) is 64.1 Å². The van der Waals surface area contributed by atoms with Crippen LogP contribution in [0.5, 0.6) is 5.75 Å². The number of benzene rings is 1. The summed E-state index contributed by atoms with van der Waals surface area (Å²) in [6.45, 7) is 1.67. The number of hydrogen-bond acceptors (Lipinski definition) is 4. The van der Waals surface area contributed by atoms with E-state index in [9.17, 15) is 14.4 Å². The van der Waals surface area contributed by atoms with Crippen molar-refractivity contribution in [3.8, 4) is 5.75 Å². The Morgan fingerprint density at radius 1 is 0.923 bits per heavy atom. The van der Waals surface area contributed by atoms with Gasteiger partial charge in [0.15, 0.2) is 0 Å². The molecule has 1 aliphatic heterocycles. The smallest absolute Gasteiger partial charge is 0.263 e. The molecule has 2 heterocycles. The van der Waals surface area contributed by atoms with Gasteiger partial charge in [-0.3, -0.25) is 14.4 Å². The molecule has 1 aromatic carbocycles. The molecule has 0 unspecified atom stereocenters. The Morgan fingerprint density at radius 2 is 1.50 bits per heavy atom. The summed E-state index contributed by atoms with van der Waals surface area (Å²) in [7, 11) is 3.19. The maximum absolute atomic E-state index is 12.6. The first kappa shape index (κ1) is 17.7. The number of rotatable bonds is 3. The van der Waals surface area contributed by atoms with Gasteiger partial charge in [-0.15, -0.1) is 0 Å². The third kappa shape index (κ3) is 3.46. The Kier molecular flexibility index (Phi) is 5.06. The van der Waals surface area contributed by atoms with Crippen molar-refractivity contribution in [3.63, 3.8) is 0 Å². The SMILES string of the molecule is COc1ccc(C(=O)N2CCN(C(=O)c3cccn(C)c3=O)CC2)cc1. The van der Waals surface area contributed by atoms with Crippen LogP contribution in [0.2, 0.25) is 0 Å². The molecule has 0 N–H and O–H groups in total. The largest absolute Gasteiger partial charge is 0.497 e. The minimum Gasteiger partial charge on any atom is -0.497 e. The highest BCUT2D eigenvalue weighted by Crippen LogP contribution is 2.15. The first-order chi connectivity index (χ1) is 12.5. The highest BCUT2D eigenvalue weighted by Gasteiger charge is 2.26. The fourth-order valence-corrected chi connectivity index (χ4v) is 2.96. The summed E-state index contributed by atoms with van der Waals surface area (Å²) < 4.78 is 6.48. The Bertz CT molecular complexity index is 865. The van der Waals surface area contributed by atoms with E-state index in [0.29, 0.717) is 37.5 Å². The number of amides is 2. The van der Waals surface area contributed by atoms with Gasteiger partial charge >= 0.3 is 0 Å². The third-order valence-corrected chi connectivity index (χ3v) is 4.54. The van der Waals surface area contributed by atoms with E-state index in [0.717, 1.165) is 0 Å². The Balaban J connectivity index is 1.65. The summed E-state index contributed by atoms with van der Waals surface area (Å²) in [6.07, 6.45) is 1.62. The molecule has 26 heavy (non-hydrogen) atoms. The fraction of sp³-hybridized carbons (Fsp3) is 0.316. The van der Waals surface area contributed by atoms with E-state index in [1.54, 1.807) is 66.6 Å². The number of carbonyl (C=O) groups excluding carboxylic acids is 2. The van der Waals surface area contributed by atoms with Crippen molar-refractivity contribution in [1.82, 2.24) is 14.4 Å². The molecule has 1 saturated heterocycles. The van der Waals surface area contributed by atoms with E-state index in [1.165, 1.54) is 4.57 Å². The summed E-state index contributed by atoms with van der Waals surface area (Å²) in [5, 5.41) is 0. The highest BCUT2D eigenvalue weighted by atomic mass is 16.5. The zero-order valence-electron chi connectivity index (χ0n) is 14.8. The van der Waals surface area contributed by atoms with E-state index in [-0.39, 0.29) is 22.9 Å². The van der Waals surface area contributed by atoms with Crippen molar-refractivity contribution >= 4 is 11.8 Å². The van der Waals surface area contributed by atoms with Gasteiger partial charge in [-0.25, -0.2) is 0 Å². The summed E-state index contributed by atoms with van der Waals surface area (Å²) in [4.78, 5) is 40.6. The molecule has 0 bridgehead atoms. The summed E-state index contributed by atoms with van der Waals surface area (Å²) in [5.41, 5.74) is 0.432. The lowest BCUT2D eigenvalue weighted by Crippen LogP contribution is -2.51. The second-order valence-corrected chi connectivity index (χ2v) is 6.15. The minimum absolute atomic E-state index is 0.0737. The van der Waals surface area contributed by atoms with Crippen molar-refractivity contribution in [2.24, 2.45) is 7.05 Å². The van der Waals surface area contributed by atoms with Crippen LogP contribution in [0, 0.1) is 0 Å². The van der Waals surface area contributed by atoms with Crippen LogP contribution >= 0.6 is 0 Å². The van der Waals surface area contributed by atoms with Crippen molar-refractivity contribution in [2.45, 2.75) is 0 Å². The zero-order chi connectivity index (χ0) is 18.7. The average molecular weight is 355 g/mol. The van der Waals surface area contributed by atoms with Gasteiger partial charge in [-0.2, -0.15) is 0 Å². The number of aryl methyl sites for hydroxylation is 1. The van der Waals surface area contributed by atoms with E-state index in [1.807, 2.05) is 0 Å². The molecule has 2 aromatic rings. The predicted octanol–water partition coefficient (Wildman–Crippen LogP) is 0.992.